The van der Waals surface area contributed by atoms with E-state index in [1.165, 1.54) is 11.3 Å². The van der Waals surface area contributed by atoms with E-state index >= 15 is 0 Å². The van der Waals surface area contributed by atoms with Gasteiger partial charge in [-0.2, -0.15) is 11.3 Å². The van der Waals surface area contributed by atoms with Crippen LogP contribution in [0.5, 0.6) is 0 Å². The third-order valence-electron chi connectivity index (χ3n) is 4.35. The molecule has 25 heavy (non-hydrogen) atoms. The summed E-state index contributed by atoms with van der Waals surface area (Å²) in [6.07, 6.45) is 0.774. The van der Waals surface area contributed by atoms with Crippen molar-refractivity contribution in [2.75, 3.05) is 11.9 Å². The first-order valence-corrected chi connectivity index (χ1v) is 8.94. The standard InChI is InChI=1S/C18H19N3O3S/c1-3-12-6-4-5-7-14(12)19-15(22)10-21-16(23)18(2,20-17(21)24)13-8-9-25-11-13/h4-9,11H,3,10H2,1-2H3,(H,19,22)(H,20,24)/t18-/m1/s1. The number of para-hydroxylation sites is 1. The maximum Gasteiger partial charge on any atom is 0.325 e. The van der Waals surface area contributed by atoms with E-state index in [2.05, 4.69) is 10.6 Å². The van der Waals surface area contributed by atoms with Gasteiger partial charge in [-0.25, -0.2) is 4.79 Å². The van der Waals surface area contributed by atoms with E-state index in [0.717, 1.165) is 22.4 Å². The molecule has 7 heteroatoms. The van der Waals surface area contributed by atoms with E-state index in [1.807, 2.05) is 35.9 Å². The zero-order chi connectivity index (χ0) is 18.0. The summed E-state index contributed by atoms with van der Waals surface area (Å²) in [6, 6.07) is 8.70. The number of hydrogen-bond donors (Lipinski definition) is 2. The number of urea groups is 1. The fourth-order valence-electron chi connectivity index (χ4n) is 2.87. The van der Waals surface area contributed by atoms with Crippen molar-refractivity contribution < 1.29 is 14.4 Å². The highest BCUT2D eigenvalue weighted by Crippen LogP contribution is 2.30. The number of anilines is 1. The second kappa shape index (κ2) is 6.68. The van der Waals surface area contributed by atoms with Crippen LogP contribution in [0.25, 0.3) is 0 Å². The van der Waals surface area contributed by atoms with Crippen molar-refractivity contribution >= 4 is 34.9 Å². The van der Waals surface area contributed by atoms with Gasteiger partial charge in [0.1, 0.15) is 12.1 Å². The molecule has 0 bridgehead atoms. The first-order chi connectivity index (χ1) is 12.0. The Morgan fingerprint density at radius 1 is 1.28 bits per heavy atom. The molecule has 0 unspecified atom stereocenters. The maximum absolute atomic E-state index is 12.7. The van der Waals surface area contributed by atoms with Crippen LogP contribution in [-0.4, -0.2) is 29.3 Å². The number of nitrogens with one attached hydrogen (secondary N) is 2. The largest absolute Gasteiger partial charge is 0.325 e. The molecule has 6 nitrogen and oxygen atoms in total. The lowest BCUT2D eigenvalue weighted by molar-refractivity contribution is -0.133. The van der Waals surface area contributed by atoms with Crippen LogP contribution in [0.4, 0.5) is 10.5 Å². The molecule has 2 aromatic rings. The topological polar surface area (TPSA) is 78.5 Å². The predicted octanol–water partition coefficient (Wildman–Crippen LogP) is 2.72. The summed E-state index contributed by atoms with van der Waals surface area (Å²) in [5.41, 5.74) is 1.28. The van der Waals surface area contributed by atoms with Gasteiger partial charge in [-0.1, -0.05) is 25.1 Å². The molecule has 1 atom stereocenters. The second-order valence-corrected chi connectivity index (χ2v) is 6.80. The number of aryl methyl sites for hydroxylation is 1. The quantitative estimate of drug-likeness (QED) is 0.808. The summed E-state index contributed by atoms with van der Waals surface area (Å²) in [5.74, 6) is -0.825. The summed E-state index contributed by atoms with van der Waals surface area (Å²) >= 11 is 1.45. The first kappa shape index (κ1) is 17.2. The lowest BCUT2D eigenvalue weighted by Crippen LogP contribution is -2.41. The lowest BCUT2D eigenvalue weighted by Gasteiger charge is -2.20. The van der Waals surface area contributed by atoms with Crippen molar-refractivity contribution in [3.8, 4) is 0 Å². The van der Waals surface area contributed by atoms with E-state index in [4.69, 9.17) is 0 Å². The van der Waals surface area contributed by atoms with Gasteiger partial charge < -0.3 is 10.6 Å². The van der Waals surface area contributed by atoms with E-state index < -0.39 is 23.4 Å². The molecule has 2 N–H and O–H groups in total. The normalized spacial score (nSPS) is 19.8. The van der Waals surface area contributed by atoms with Gasteiger partial charge in [-0.3, -0.25) is 14.5 Å². The SMILES string of the molecule is CCc1ccccc1NC(=O)CN1C(=O)N[C@](C)(c2ccsc2)C1=O. The average Bonchev–Trinajstić information content (AvgIpc) is 3.20. The first-order valence-electron chi connectivity index (χ1n) is 8.00. The Kier molecular flexibility index (Phi) is 4.59. The van der Waals surface area contributed by atoms with Crippen molar-refractivity contribution in [1.82, 2.24) is 10.2 Å². The van der Waals surface area contributed by atoms with Crippen molar-refractivity contribution in [3.05, 3.63) is 52.2 Å². The van der Waals surface area contributed by atoms with Gasteiger partial charge in [0.25, 0.3) is 5.91 Å². The van der Waals surface area contributed by atoms with Crippen LogP contribution < -0.4 is 10.6 Å². The molecule has 0 aliphatic carbocycles. The molecule has 1 saturated heterocycles. The lowest BCUT2D eigenvalue weighted by atomic mass is 9.95. The van der Waals surface area contributed by atoms with Crippen molar-refractivity contribution in [3.63, 3.8) is 0 Å². The highest BCUT2D eigenvalue weighted by molar-refractivity contribution is 7.08. The molecule has 1 aliphatic rings. The minimum atomic E-state index is -1.13. The number of benzene rings is 1. The Hall–Kier alpha value is -2.67. The van der Waals surface area contributed by atoms with Crippen molar-refractivity contribution in [1.29, 1.82) is 0 Å². The maximum atomic E-state index is 12.7. The molecule has 0 spiro atoms. The Bertz CT molecular complexity index is 819. The zero-order valence-corrected chi connectivity index (χ0v) is 14.9. The van der Waals surface area contributed by atoms with E-state index in [1.54, 1.807) is 19.1 Å². The number of amides is 4. The molecule has 2 heterocycles. The number of hydrogen-bond acceptors (Lipinski definition) is 4. The Morgan fingerprint density at radius 2 is 2.04 bits per heavy atom. The van der Waals surface area contributed by atoms with Crippen LogP contribution in [0.1, 0.15) is 25.0 Å². The van der Waals surface area contributed by atoms with E-state index in [0.29, 0.717) is 5.69 Å². The minimum absolute atomic E-state index is 0.317. The highest BCUT2D eigenvalue weighted by atomic mass is 32.1. The average molecular weight is 357 g/mol. The van der Waals surface area contributed by atoms with Crippen LogP contribution in [0.3, 0.4) is 0 Å². The van der Waals surface area contributed by atoms with Gasteiger partial charge in [0.15, 0.2) is 0 Å². The molecule has 1 aromatic heterocycles. The molecular weight excluding hydrogens is 338 g/mol. The number of carbonyl (C=O) groups is 3. The van der Waals surface area contributed by atoms with Gasteiger partial charge in [0.2, 0.25) is 5.91 Å². The molecule has 1 aromatic carbocycles. The fraction of sp³-hybridized carbons (Fsp3) is 0.278. The molecule has 0 radical (unpaired) electrons. The highest BCUT2D eigenvalue weighted by Gasteiger charge is 2.49. The summed E-state index contributed by atoms with van der Waals surface area (Å²) in [5, 5.41) is 9.13. The number of carbonyl (C=O) groups excluding carboxylic acids is 3. The molecule has 4 amide bonds. The summed E-state index contributed by atoms with van der Waals surface area (Å²) in [7, 11) is 0. The molecular formula is C18H19N3O3S. The zero-order valence-electron chi connectivity index (χ0n) is 14.0. The molecule has 1 aliphatic heterocycles. The van der Waals surface area contributed by atoms with E-state index in [9.17, 15) is 14.4 Å². The Labute approximate surface area is 149 Å². The van der Waals surface area contributed by atoms with Gasteiger partial charge >= 0.3 is 6.03 Å². The van der Waals surface area contributed by atoms with Crippen LogP contribution in [0.2, 0.25) is 0 Å². The van der Waals surface area contributed by atoms with Gasteiger partial charge in [0.05, 0.1) is 0 Å². The molecule has 0 saturated carbocycles. The van der Waals surface area contributed by atoms with Gasteiger partial charge in [-0.15, -0.1) is 0 Å². The summed E-state index contributed by atoms with van der Waals surface area (Å²) in [4.78, 5) is 38.2. The summed E-state index contributed by atoms with van der Waals surface area (Å²) < 4.78 is 0. The van der Waals surface area contributed by atoms with Crippen LogP contribution in [-0.2, 0) is 21.5 Å². The Balaban J connectivity index is 1.73. The number of thiophene rings is 1. The molecule has 1 fully saturated rings. The number of rotatable bonds is 5. The number of nitrogens with zero attached hydrogens (tertiary/aromatic N) is 1. The van der Waals surface area contributed by atoms with Crippen LogP contribution in [0.15, 0.2) is 41.1 Å². The smallest absolute Gasteiger partial charge is 0.324 e. The van der Waals surface area contributed by atoms with Crippen molar-refractivity contribution in [2.24, 2.45) is 0 Å². The fourth-order valence-corrected chi connectivity index (χ4v) is 3.63. The van der Waals surface area contributed by atoms with E-state index in [-0.39, 0.29) is 6.54 Å². The van der Waals surface area contributed by atoms with Crippen molar-refractivity contribution in [2.45, 2.75) is 25.8 Å². The van der Waals surface area contributed by atoms with Crippen LogP contribution >= 0.6 is 11.3 Å². The van der Waals surface area contributed by atoms with Gasteiger partial charge in [0, 0.05) is 5.69 Å². The number of imide groups is 1. The predicted molar refractivity (Wildman–Crippen MR) is 96.4 cm³/mol. The Morgan fingerprint density at radius 3 is 2.72 bits per heavy atom. The third kappa shape index (κ3) is 3.15. The van der Waals surface area contributed by atoms with Gasteiger partial charge in [-0.05, 0) is 47.4 Å². The third-order valence-corrected chi connectivity index (χ3v) is 5.03. The minimum Gasteiger partial charge on any atom is -0.324 e. The van der Waals surface area contributed by atoms with Crippen LogP contribution in [0, 0.1) is 0 Å². The second-order valence-electron chi connectivity index (χ2n) is 6.02. The summed E-state index contributed by atoms with van der Waals surface area (Å²) in [6.45, 7) is 3.33. The monoisotopic (exact) mass is 357 g/mol. The molecule has 130 valence electrons. The molecule has 3 rings (SSSR count).